The number of rotatable bonds is 2. The first-order valence-electron chi connectivity index (χ1n) is 6.18. The van der Waals surface area contributed by atoms with Crippen LogP contribution in [0, 0.1) is 6.92 Å². The van der Waals surface area contributed by atoms with Gasteiger partial charge in [-0.25, -0.2) is 4.98 Å². The molecule has 1 aromatic carbocycles. The fraction of sp³-hybridized carbons (Fsp3) is 0.0667. The van der Waals surface area contributed by atoms with Gasteiger partial charge in [-0.15, -0.1) is 0 Å². The van der Waals surface area contributed by atoms with Gasteiger partial charge in [-0.3, -0.25) is 5.10 Å². The van der Waals surface area contributed by atoms with Crippen molar-refractivity contribution < 1.29 is 0 Å². The summed E-state index contributed by atoms with van der Waals surface area (Å²) in [5.41, 5.74) is 10.7. The Labute approximate surface area is 121 Å². The number of pyridine rings is 1. The van der Waals surface area contributed by atoms with Gasteiger partial charge < -0.3 is 5.73 Å². The van der Waals surface area contributed by atoms with Crippen LogP contribution in [0.5, 0.6) is 0 Å². The molecule has 0 fully saturated rings. The zero-order chi connectivity index (χ0) is 14.1. The molecule has 0 bridgehead atoms. The summed E-state index contributed by atoms with van der Waals surface area (Å²) < 4.78 is 0. The maximum atomic E-state index is 5.93. The predicted molar refractivity (Wildman–Crippen MR) is 81.4 cm³/mol. The van der Waals surface area contributed by atoms with Gasteiger partial charge in [0.15, 0.2) is 0 Å². The topological polar surface area (TPSA) is 67.6 Å². The van der Waals surface area contributed by atoms with Crippen LogP contribution < -0.4 is 5.73 Å². The SMILES string of the molecule is Cc1n[nH]c(-c2ccc(Cl)cc2)c1-c1ccnc(N)c1. The molecule has 3 rings (SSSR count). The lowest BCUT2D eigenvalue weighted by Gasteiger charge is -2.06. The minimum atomic E-state index is 0.491. The lowest BCUT2D eigenvalue weighted by molar-refractivity contribution is 1.05. The van der Waals surface area contributed by atoms with Crippen LogP contribution in [-0.2, 0) is 0 Å². The van der Waals surface area contributed by atoms with Crippen molar-refractivity contribution in [2.24, 2.45) is 0 Å². The number of halogens is 1. The predicted octanol–water partition coefficient (Wildman–Crippen LogP) is 3.68. The van der Waals surface area contributed by atoms with Crippen molar-refractivity contribution >= 4 is 17.4 Å². The molecule has 2 heterocycles. The highest BCUT2D eigenvalue weighted by Crippen LogP contribution is 2.33. The van der Waals surface area contributed by atoms with Crippen molar-refractivity contribution in [1.29, 1.82) is 0 Å². The quantitative estimate of drug-likeness (QED) is 0.754. The molecule has 5 heteroatoms. The van der Waals surface area contributed by atoms with E-state index in [0.29, 0.717) is 10.8 Å². The van der Waals surface area contributed by atoms with E-state index in [0.717, 1.165) is 28.1 Å². The molecule has 2 aromatic heterocycles. The van der Waals surface area contributed by atoms with E-state index in [1.807, 2.05) is 43.3 Å². The molecule has 100 valence electrons. The fourth-order valence-electron chi connectivity index (χ4n) is 2.21. The number of aryl methyl sites for hydroxylation is 1. The highest BCUT2D eigenvalue weighted by atomic mass is 35.5. The van der Waals surface area contributed by atoms with Crippen molar-refractivity contribution in [3.8, 4) is 22.4 Å². The number of nitrogens with zero attached hydrogens (tertiary/aromatic N) is 2. The summed E-state index contributed by atoms with van der Waals surface area (Å²) in [5.74, 6) is 0.491. The molecule has 0 aliphatic heterocycles. The van der Waals surface area contributed by atoms with Crippen molar-refractivity contribution in [3.63, 3.8) is 0 Å². The molecule has 0 saturated heterocycles. The molecule has 0 spiro atoms. The Bertz CT molecular complexity index is 747. The van der Waals surface area contributed by atoms with Gasteiger partial charge in [0.05, 0.1) is 11.4 Å². The molecule has 3 N–H and O–H groups in total. The average Bonchev–Trinajstić information content (AvgIpc) is 2.81. The first-order valence-corrected chi connectivity index (χ1v) is 6.56. The maximum absolute atomic E-state index is 5.93. The van der Waals surface area contributed by atoms with Crippen molar-refractivity contribution in [3.05, 3.63) is 53.3 Å². The van der Waals surface area contributed by atoms with E-state index >= 15 is 0 Å². The summed E-state index contributed by atoms with van der Waals surface area (Å²) >= 11 is 5.93. The third kappa shape index (κ3) is 2.26. The van der Waals surface area contributed by atoms with Gasteiger partial charge in [0.1, 0.15) is 5.82 Å². The molecule has 20 heavy (non-hydrogen) atoms. The summed E-state index contributed by atoms with van der Waals surface area (Å²) in [4.78, 5) is 4.02. The summed E-state index contributed by atoms with van der Waals surface area (Å²) in [5, 5.41) is 8.08. The van der Waals surface area contributed by atoms with Crippen LogP contribution in [0.15, 0.2) is 42.6 Å². The second-order valence-corrected chi connectivity index (χ2v) is 4.97. The summed E-state index contributed by atoms with van der Waals surface area (Å²) in [6.07, 6.45) is 1.70. The summed E-state index contributed by atoms with van der Waals surface area (Å²) in [6, 6.07) is 11.4. The van der Waals surface area contributed by atoms with Crippen LogP contribution in [0.2, 0.25) is 5.02 Å². The standard InChI is InChI=1S/C15H13ClN4/c1-9-14(11-6-7-18-13(17)8-11)15(20-19-9)10-2-4-12(16)5-3-10/h2-8H,1H3,(H2,17,18)(H,19,20). The van der Waals surface area contributed by atoms with Gasteiger partial charge in [0.2, 0.25) is 0 Å². The number of nitrogen functional groups attached to an aromatic ring is 1. The van der Waals surface area contributed by atoms with Crippen molar-refractivity contribution in [2.45, 2.75) is 6.92 Å². The smallest absolute Gasteiger partial charge is 0.123 e. The van der Waals surface area contributed by atoms with Crippen LogP contribution >= 0.6 is 11.6 Å². The highest BCUT2D eigenvalue weighted by Gasteiger charge is 2.14. The van der Waals surface area contributed by atoms with E-state index in [9.17, 15) is 0 Å². The molecule has 0 aliphatic rings. The molecular formula is C15H13ClN4. The lowest BCUT2D eigenvalue weighted by Crippen LogP contribution is -1.91. The van der Waals surface area contributed by atoms with E-state index < -0.39 is 0 Å². The average molecular weight is 285 g/mol. The van der Waals surface area contributed by atoms with Gasteiger partial charge >= 0.3 is 0 Å². The second kappa shape index (κ2) is 4.98. The van der Waals surface area contributed by atoms with E-state index in [4.69, 9.17) is 17.3 Å². The Hall–Kier alpha value is -2.33. The number of aromatic amines is 1. The van der Waals surface area contributed by atoms with Crippen LogP contribution in [0.4, 0.5) is 5.82 Å². The molecular weight excluding hydrogens is 272 g/mol. The summed E-state index contributed by atoms with van der Waals surface area (Å²) in [6.45, 7) is 1.96. The van der Waals surface area contributed by atoms with Gasteiger partial charge in [-0.2, -0.15) is 5.10 Å². The third-order valence-electron chi connectivity index (χ3n) is 3.15. The van der Waals surface area contributed by atoms with Crippen molar-refractivity contribution in [2.75, 3.05) is 5.73 Å². The molecule has 3 aromatic rings. The second-order valence-electron chi connectivity index (χ2n) is 4.54. The number of benzene rings is 1. The number of nitrogens with two attached hydrogens (primary N) is 1. The van der Waals surface area contributed by atoms with E-state index in [1.54, 1.807) is 6.20 Å². The van der Waals surface area contributed by atoms with Gasteiger partial charge in [-0.05, 0) is 36.8 Å². The largest absolute Gasteiger partial charge is 0.384 e. The van der Waals surface area contributed by atoms with Crippen LogP contribution in [0.1, 0.15) is 5.69 Å². The number of H-pyrrole nitrogens is 1. The zero-order valence-corrected chi connectivity index (χ0v) is 11.6. The van der Waals surface area contributed by atoms with E-state index in [1.165, 1.54) is 0 Å². The molecule has 0 amide bonds. The molecule has 4 nitrogen and oxygen atoms in total. The third-order valence-corrected chi connectivity index (χ3v) is 3.40. The Kier molecular flexibility index (Phi) is 3.16. The normalized spacial score (nSPS) is 10.7. The van der Waals surface area contributed by atoms with Gasteiger partial charge in [-0.1, -0.05) is 23.7 Å². The molecule has 0 radical (unpaired) electrons. The zero-order valence-electron chi connectivity index (χ0n) is 10.9. The van der Waals surface area contributed by atoms with Crippen molar-refractivity contribution in [1.82, 2.24) is 15.2 Å². The van der Waals surface area contributed by atoms with Crippen LogP contribution in [0.3, 0.4) is 0 Å². The van der Waals surface area contributed by atoms with Crippen LogP contribution in [0.25, 0.3) is 22.4 Å². The minimum Gasteiger partial charge on any atom is -0.384 e. The maximum Gasteiger partial charge on any atom is 0.123 e. The van der Waals surface area contributed by atoms with Gasteiger partial charge in [0, 0.05) is 22.3 Å². The Morgan fingerprint density at radius 3 is 2.55 bits per heavy atom. The van der Waals surface area contributed by atoms with Crippen LogP contribution in [-0.4, -0.2) is 15.2 Å². The van der Waals surface area contributed by atoms with Gasteiger partial charge in [0.25, 0.3) is 0 Å². The molecule has 0 aliphatic carbocycles. The fourth-order valence-corrected chi connectivity index (χ4v) is 2.34. The monoisotopic (exact) mass is 284 g/mol. The highest BCUT2D eigenvalue weighted by molar-refractivity contribution is 6.30. The Morgan fingerprint density at radius 1 is 1.10 bits per heavy atom. The molecule has 0 saturated carbocycles. The molecule has 0 atom stereocenters. The number of anilines is 1. The van der Waals surface area contributed by atoms with E-state index in [-0.39, 0.29) is 0 Å². The lowest BCUT2D eigenvalue weighted by atomic mass is 10.00. The number of hydrogen-bond acceptors (Lipinski definition) is 3. The van der Waals surface area contributed by atoms with E-state index in [2.05, 4.69) is 15.2 Å². The first kappa shape index (κ1) is 12.7. The Balaban J connectivity index is 2.17. The molecule has 0 unspecified atom stereocenters. The minimum absolute atomic E-state index is 0.491. The number of aromatic nitrogens is 3. The summed E-state index contributed by atoms with van der Waals surface area (Å²) in [7, 11) is 0. The Morgan fingerprint density at radius 2 is 1.85 bits per heavy atom. The number of hydrogen-bond donors (Lipinski definition) is 2. The number of nitrogens with one attached hydrogen (secondary N) is 1. The first-order chi connectivity index (χ1) is 9.65.